The van der Waals surface area contributed by atoms with Gasteiger partial charge in [0.15, 0.2) is 0 Å². The van der Waals surface area contributed by atoms with Crippen LogP contribution in [0.2, 0.25) is 0 Å². The summed E-state index contributed by atoms with van der Waals surface area (Å²) >= 11 is 0. The molecular weight excluding hydrogens is 347 g/mol. The molecule has 0 saturated carbocycles. The molecule has 2 amide bonds. The van der Waals surface area contributed by atoms with E-state index >= 15 is 0 Å². The highest BCUT2D eigenvalue weighted by atomic mass is 19.1. The van der Waals surface area contributed by atoms with Gasteiger partial charge in [-0.15, -0.1) is 0 Å². The number of carbonyl (C=O) groups is 2. The maximum Gasteiger partial charge on any atom is 0.237 e. The lowest BCUT2D eigenvalue weighted by Crippen LogP contribution is -2.56. The molecule has 0 aliphatic carbocycles. The van der Waals surface area contributed by atoms with Gasteiger partial charge in [0, 0.05) is 38.6 Å². The van der Waals surface area contributed by atoms with Crippen molar-refractivity contribution in [1.29, 1.82) is 0 Å². The quantitative estimate of drug-likeness (QED) is 0.809. The van der Waals surface area contributed by atoms with Crippen molar-refractivity contribution in [2.24, 2.45) is 0 Å². The Morgan fingerprint density at radius 3 is 3.04 bits per heavy atom. The molecule has 0 radical (unpaired) electrons. The molecule has 0 spiro atoms. The van der Waals surface area contributed by atoms with E-state index in [0.717, 1.165) is 16.7 Å². The van der Waals surface area contributed by atoms with Crippen molar-refractivity contribution in [2.45, 2.75) is 32.5 Å². The Morgan fingerprint density at radius 2 is 2.26 bits per heavy atom. The fraction of sp³-hybridized carbons (Fsp3) is 0.350. The van der Waals surface area contributed by atoms with Crippen LogP contribution >= 0.6 is 0 Å². The zero-order valence-electron chi connectivity index (χ0n) is 15.2. The summed E-state index contributed by atoms with van der Waals surface area (Å²) in [5.41, 5.74) is 2.77. The predicted octanol–water partition coefficient (Wildman–Crippen LogP) is 1.54. The number of nitrogens with one attached hydrogen (secondary N) is 2. The summed E-state index contributed by atoms with van der Waals surface area (Å²) in [7, 11) is 0. The summed E-state index contributed by atoms with van der Waals surface area (Å²) in [4.78, 5) is 30.7. The Bertz CT molecular complexity index is 827. The lowest BCUT2D eigenvalue weighted by Gasteiger charge is -2.34. The van der Waals surface area contributed by atoms with Crippen LogP contribution in [-0.4, -0.2) is 40.8 Å². The van der Waals surface area contributed by atoms with E-state index in [1.807, 2.05) is 24.0 Å². The predicted molar refractivity (Wildman–Crippen MR) is 99.0 cm³/mol. The molecule has 1 aromatic carbocycles. The minimum Gasteiger partial charge on any atom is -0.353 e. The van der Waals surface area contributed by atoms with Crippen LogP contribution in [-0.2, 0) is 22.7 Å². The maximum atomic E-state index is 13.4. The van der Waals surface area contributed by atoms with E-state index in [9.17, 15) is 14.0 Å². The molecule has 1 aliphatic rings. The number of amides is 2. The number of nitrogens with zero attached hydrogens (tertiary/aromatic N) is 2. The van der Waals surface area contributed by atoms with Crippen molar-refractivity contribution in [3.8, 4) is 0 Å². The van der Waals surface area contributed by atoms with Gasteiger partial charge in [0.05, 0.1) is 12.5 Å². The van der Waals surface area contributed by atoms with Gasteiger partial charge in [0.25, 0.3) is 0 Å². The molecule has 1 aromatic heterocycles. The molecule has 0 bridgehead atoms. The van der Waals surface area contributed by atoms with E-state index in [1.54, 1.807) is 18.5 Å². The van der Waals surface area contributed by atoms with Crippen LogP contribution in [0.15, 0.2) is 42.7 Å². The lowest BCUT2D eigenvalue weighted by molar-refractivity contribution is -0.134. The largest absolute Gasteiger partial charge is 0.353 e. The van der Waals surface area contributed by atoms with Crippen molar-refractivity contribution < 1.29 is 14.0 Å². The van der Waals surface area contributed by atoms with Crippen LogP contribution in [0.3, 0.4) is 0 Å². The fourth-order valence-electron chi connectivity index (χ4n) is 3.19. The van der Waals surface area contributed by atoms with Gasteiger partial charge < -0.3 is 10.6 Å². The van der Waals surface area contributed by atoms with Crippen molar-refractivity contribution in [1.82, 2.24) is 20.5 Å². The average Bonchev–Trinajstić information content (AvgIpc) is 2.64. The monoisotopic (exact) mass is 370 g/mol. The molecule has 0 unspecified atom stereocenters. The third-order valence-electron chi connectivity index (χ3n) is 4.71. The van der Waals surface area contributed by atoms with Gasteiger partial charge in [-0.2, -0.15) is 0 Å². The SMILES string of the molecule is Cc1cnccc1CNC(=O)C[C@@H]1C(=O)NCCN1Cc1cccc(F)c1. The van der Waals surface area contributed by atoms with Crippen molar-refractivity contribution in [2.75, 3.05) is 13.1 Å². The molecule has 1 saturated heterocycles. The number of aromatic nitrogens is 1. The van der Waals surface area contributed by atoms with Crippen LogP contribution in [0.4, 0.5) is 4.39 Å². The Kier molecular flexibility index (Phi) is 6.13. The van der Waals surface area contributed by atoms with Crippen LogP contribution in [0.1, 0.15) is 23.1 Å². The van der Waals surface area contributed by atoms with Gasteiger partial charge in [-0.05, 0) is 41.8 Å². The Hall–Kier alpha value is -2.80. The third-order valence-corrected chi connectivity index (χ3v) is 4.71. The van der Waals surface area contributed by atoms with Gasteiger partial charge in [0.1, 0.15) is 5.82 Å². The molecule has 2 heterocycles. The number of benzene rings is 1. The van der Waals surface area contributed by atoms with Crippen LogP contribution < -0.4 is 10.6 Å². The third kappa shape index (κ3) is 5.10. The molecular formula is C20H23FN4O2. The standard InChI is InChI=1S/C20H23FN4O2/c1-14-11-22-6-5-16(14)12-24-19(26)10-18-20(27)23-7-8-25(18)13-15-3-2-4-17(21)9-15/h2-6,9,11,18H,7-8,10,12-13H2,1H3,(H,23,27)(H,24,26)/t18-/m1/s1. The van der Waals surface area contributed by atoms with E-state index in [1.165, 1.54) is 12.1 Å². The smallest absolute Gasteiger partial charge is 0.237 e. The van der Waals surface area contributed by atoms with E-state index in [2.05, 4.69) is 15.6 Å². The summed E-state index contributed by atoms with van der Waals surface area (Å²) in [6.07, 6.45) is 3.49. The molecule has 2 aromatic rings. The minimum atomic E-state index is -0.569. The zero-order valence-corrected chi connectivity index (χ0v) is 15.2. The van der Waals surface area contributed by atoms with Crippen molar-refractivity contribution in [3.05, 3.63) is 65.2 Å². The first kappa shape index (κ1) is 19.0. The Labute approximate surface area is 157 Å². The number of carbonyl (C=O) groups excluding carboxylic acids is 2. The summed E-state index contributed by atoms with van der Waals surface area (Å²) in [5.74, 6) is -0.679. The van der Waals surface area contributed by atoms with Gasteiger partial charge in [-0.3, -0.25) is 19.5 Å². The molecule has 3 rings (SSSR count). The second-order valence-corrected chi connectivity index (χ2v) is 6.69. The number of hydrogen-bond donors (Lipinski definition) is 2. The van der Waals surface area contributed by atoms with E-state index in [0.29, 0.717) is 26.2 Å². The first-order valence-corrected chi connectivity index (χ1v) is 8.95. The van der Waals surface area contributed by atoms with E-state index in [4.69, 9.17) is 0 Å². The first-order chi connectivity index (χ1) is 13.0. The molecule has 1 atom stereocenters. The maximum absolute atomic E-state index is 13.4. The highest BCUT2D eigenvalue weighted by Gasteiger charge is 2.31. The zero-order chi connectivity index (χ0) is 19.2. The number of halogens is 1. The summed E-state index contributed by atoms with van der Waals surface area (Å²) in [6.45, 7) is 3.88. The normalized spacial score (nSPS) is 17.4. The number of pyridine rings is 1. The summed E-state index contributed by atoms with van der Waals surface area (Å²) in [6, 6.07) is 7.60. The highest BCUT2D eigenvalue weighted by Crippen LogP contribution is 2.15. The topological polar surface area (TPSA) is 74.3 Å². The van der Waals surface area contributed by atoms with E-state index < -0.39 is 6.04 Å². The lowest BCUT2D eigenvalue weighted by atomic mass is 10.1. The summed E-state index contributed by atoms with van der Waals surface area (Å²) < 4.78 is 13.4. The second-order valence-electron chi connectivity index (χ2n) is 6.69. The first-order valence-electron chi connectivity index (χ1n) is 8.95. The van der Waals surface area contributed by atoms with Crippen LogP contribution in [0.5, 0.6) is 0 Å². The molecule has 1 fully saturated rings. The molecule has 27 heavy (non-hydrogen) atoms. The molecule has 142 valence electrons. The van der Waals surface area contributed by atoms with E-state index in [-0.39, 0.29) is 24.1 Å². The minimum absolute atomic E-state index is 0.0608. The van der Waals surface area contributed by atoms with Gasteiger partial charge >= 0.3 is 0 Å². The molecule has 6 nitrogen and oxygen atoms in total. The van der Waals surface area contributed by atoms with Crippen LogP contribution in [0, 0.1) is 12.7 Å². The average molecular weight is 370 g/mol. The number of aryl methyl sites for hydroxylation is 1. The van der Waals surface area contributed by atoms with Crippen LogP contribution in [0.25, 0.3) is 0 Å². The second kappa shape index (κ2) is 8.73. The van der Waals surface area contributed by atoms with Gasteiger partial charge in [-0.25, -0.2) is 4.39 Å². The highest BCUT2D eigenvalue weighted by molar-refractivity contribution is 5.88. The molecule has 1 aliphatic heterocycles. The van der Waals surface area contributed by atoms with Crippen molar-refractivity contribution in [3.63, 3.8) is 0 Å². The molecule has 7 heteroatoms. The number of rotatable bonds is 6. The van der Waals surface area contributed by atoms with Crippen molar-refractivity contribution >= 4 is 11.8 Å². The Balaban J connectivity index is 1.62. The van der Waals surface area contributed by atoms with Gasteiger partial charge in [0.2, 0.25) is 11.8 Å². The molecule has 2 N–H and O–H groups in total. The number of piperazine rings is 1. The fourth-order valence-corrected chi connectivity index (χ4v) is 3.19. The summed E-state index contributed by atoms with van der Waals surface area (Å²) in [5, 5.41) is 5.67. The van der Waals surface area contributed by atoms with Gasteiger partial charge in [-0.1, -0.05) is 12.1 Å². The number of hydrogen-bond acceptors (Lipinski definition) is 4. The Morgan fingerprint density at radius 1 is 1.41 bits per heavy atom.